The van der Waals surface area contributed by atoms with Gasteiger partial charge in [-0.1, -0.05) is 6.07 Å². The standard InChI is InChI=1S/C34H33F6N5O3/c1-19(46)27-15-21(7-8-29(27)37)28-17-42-33(41-9-10-48-2)43-31(28)22(11-20-12-23(35)16-24(36)13-20)14-25(47)18-45-30-6-4-3-5-26(30)32(44-45)34(38,39)40/h7-8,12-13,15-17,22H,3-6,9-11,14,18H2,1-2H3,(H,41,42,43)/t22-/m0/s1. The first-order chi connectivity index (χ1) is 22.8. The number of benzene rings is 2. The van der Waals surface area contributed by atoms with Crippen LogP contribution in [0.1, 0.15) is 70.7 Å². The van der Waals surface area contributed by atoms with Gasteiger partial charge in [0.15, 0.2) is 17.3 Å². The Hall–Kier alpha value is -4.59. The van der Waals surface area contributed by atoms with Crippen LogP contribution >= 0.6 is 0 Å². The summed E-state index contributed by atoms with van der Waals surface area (Å²) in [7, 11) is 1.51. The Labute approximate surface area is 272 Å². The number of ketones is 2. The van der Waals surface area contributed by atoms with E-state index in [1.54, 1.807) is 0 Å². The van der Waals surface area contributed by atoms with E-state index in [1.807, 2.05) is 0 Å². The highest BCUT2D eigenvalue weighted by Gasteiger charge is 2.39. The van der Waals surface area contributed by atoms with Gasteiger partial charge in [-0.15, -0.1) is 0 Å². The fourth-order valence-electron chi connectivity index (χ4n) is 6.06. The second-order valence-electron chi connectivity index (χ2n) is 11.7. The van der Waals surface area contributed by atoms with Crippen LogP contribution in [0.2, 0.25) is 0 Å². The van der Waals surface area contributed by atoms with Crippen molar-refractivity contribution < 1.29 is 40.7 Å². The third kappa shape index (κ3) is 8.09. The van der Waals surface area contributed by atoms with Gasteiger partial charge < -0.3 is 10.1 Å². The molecule has 1 N–H and O–H groups in total. The molecule has 1 atom stereocenters. The number of carbonyl (C=O) groups is 2. The van der Waals surface area contributed by atoms with Crippen molar-refractivity contribution in [2.75, 3.05) is 25.6 Å². The number of alkyl halides is 3. The highest BCUT2D eigenvalue weighted by Crippen LogP contribution is 2.37. The number of nitrogens with one attached hydrogen (secondary N) is 1. The average molecular weight is 674 g/mol. The SMILES string of the molecule is COCCNc1ncc(-c2ccc(F)c(C(C)=O)c2)c([C@H](CC(=O)Cn2nc(C(F)(F)F)c3c2CCCC3)Cc2cc(F)cc(F)c2)n1. The van der Waals surface area contributed by atoms with Crippen molar-refractivity contribution in [2.24, 2.45) is 0 Å². The van der Waals surface area contributed by atoms with Gasteiger partial charge in [-0.25, -0.2) is 23.1 Å². The van der Waals surface area contributed by atoms with Crippen molar-refractivity contribution in [3.8, 4) is 11.1 Å². The van der Waals surface area contributed by atoms with Gasteiger partial charge in [0.05, 0.1) is 24.4 Å². The minimum Gasteiger partial charge on any atom is -0.383 e. The highest BCUT2D eigenvalue weighted by molar-refractivity contribution is 5.95. The summed E-state index contributed by atoms with van der Waals surface area (Å²) in [5.74, 6) is -4.20. The number of carbonyl (C=O) groups excluding carboxylic acids is 2. The van der Waals surface area contributed by atoms with Gasteiger partial charge in [-0.3, -0.25) is 14.3 Å². The third-order valence-electron chi connectivity index (χ3n) is 8.18. The third-order valence-corrected chi connectivity index (χ3v) is 8.18. The van der Waals surface area contributed by atoms with Crippen molar-refractivity contribution in [1.29, 1.82) is 0 Å². The van der Waals surface area contributed by atoms with Gasteiger partial charge in [0.25, 0.3) is 0 Å². The van der Waals surface area contributed by atoms with Crippen molar-refractivity contribution in [2.45, 2.75) is 64.1 Å². The lowest BCUT2D eigenvalue weighted by molar-refractivity contribution is -0.142. The topological polar surface area (TPSA) is 99.0 Å². The highest BCUT2D eigenvalue weighted by atomic mass is 19.4. The monoisotopic (exact) mass is 673 g/mol. The number of aromatic nitrogens is 4. The Bertz CT molecular complexity index is 1800. The van der Waals surface area contributed by atoms with Crippen LogP contribution in [-0.2, 0) is 41.5 Å². The Morgan fingerprint density at radius 1 is 1.04 bits per heavy atom. The second-order valence-corrected chi connectivity index (χ2v) is 11.7. The fourth-order valence-corrected chi connectivity index (χ4v) is 6.06. The van der Waals surface area contributed by atoms with Crippen LogP contribution < -0.4 is 5.32 Å². The van der Waals surface area contributed by atoms with E-state index >= 15 is 0 Å². The summed E-state index contributed by atoms with van der Waals surface area (Å²) in [5.41, 5.74) is 0.366. The average Bonchev–Trinajstić information content (AvgIpc) is 3.39. The zero-order chi connectivity index (χ0) is 34.6. The summed E-state index contributed by atoms with van der Waals surface area (Å²) in [4.78, 5) is 34.9. The molecule has 0 aliphatic heterocycles. The van der Waals surface area contributed by atoms with E-state index in [-0.39, 0.29) is 47.6 Å². The van der Waals surface area contributed by atoms with Crippen LogP contribution in [0, 0.1) is 17.5 Å². The molecular weight excluding hydrogens is 640 g/mol. The van der Waals surface area contributed by atoms with Gasteiger partial charge in [0.2, 0.25) is 5.95 Å². The van der Waals surface area contributed by atoms with E-state index in [0.29, 0.717) is 55.3 Å². The van der Waals surface area contributed by atoms with Crippen LogP contribution in [0.4, 0.5) is 32.3 Å². The molecule has 8 nitrogen and oxygen atoms in total. The van der Waals surface area contributed by atoms with E-state index in [1.165, 1.54) is 32.4 Å². The number of hydrogen-bond donors (Lipinski definition) is 1. The van der Waals surface area contributed by atoms with Crippen molar-refractivity contribution >= 4 is 17.5 Å². The Balaban J connectivity index is 1.58. The molecule has 2 aromatic carbocycles. The van der Waals surface area contributed by atoms with Crippen LogP contribution in [0.15, 0.2) is 42.6 Å². The molecule has 0 spiro atoms. The fraction of sp³-hybridized carbons (Fsp3) is 0.382. The first-order valence-electron chi connectivity index (χ1n) is 15.4. The molecule has 254 valence electrons. The molecule has 0 fully saturated rings. The molecule has 0 saturated heterocycles. The largest absolute Gasteiger partial charge is 0.435 e. The summed E-state index contributed by atoms with van der Waals surface area (Å²) >= 11 is 0. The minimum absolute atomic E-state index is 0.0933. The quantitative estimate of drug-likeness (QED) is 0.0937. The van der Waals surface area contributed by atoms with Crippen LogP contribution in [0.5, 0.6) is 0 Å². The van der Waals surface area contributed by atoms with Gasteiger partial charge in [0.1, 0.15) is 17.5 Å². The van der Waals surface area contributed by atoms with Crippen molar-refractivity contribution in [3.63, 3.8) is 0 Å². The maximum Gasteiger partial charge on any atom is 0.435 e. The van der Waals surface area contributed by atoms with E-state index in [9.17, 15) is 35.9 Å². The number of halogens is 6. The summed E-state index contributed by atoms with van der Waals surface area (Å²) in [6, 6.07) is 6.79. The molecule has 2 heterocycles. The number of hydrogen-bond acceptors (Lipinski definition) is 7. The maximum atomic E-state index is 14.5. The number of Topliss-reactive ketones (excluding diaryl/α,β-unsaturated/α-hetero) is 2. The predicted molar refractivity (Wildman–Crippen MR) is 164 cm³/mol. The van der Waals surface area contributed by atoms with E-state index < -0.39 is 53.4 Å². The molecule has 0 amide bonds. The molecule has 1 aliphatic carbocycles. The van der Waals surface area contributed by atoms with E-state index in [0.717, 1.165) is 22.9 Å². The predicted octanol–water partition coefficient (Wildman–Crippen LogP) is 6.90. The molecular formula is C34H33F6N5O3. The number of rotatable bonds is 13. The molecule has 0 bridgehead atoms. The van der Waals surface area contributed by atoms with Crippen LogP contribution in [0.25, 0.3) is 11.1 Å². The Morgan fingerprint density at radius 2 is 1.77 bits per heavy atom. The summed E-state index contributed by atoms with van der Waals surface area (Å²) in [5, 5.41) is 6.80. The minimum atomic E-state index is -4.68. The normalized spacial score (nSPS) is 13.7. The van der Waals surface area contributed by atoms with Crippen molar-refractivity contribution in [1.82, 2.24) is 19.7 Å². The summed E-state index contributed by atoms with van der Waals surface area (Å²) in [6.07, 6.45) is -1.89. The van der Waals surface area contributed by atoms with Gasteiger partial charge >= 0.3 is 6.18 Å². The Kier molecular flexibility index (Phi) is 10.6. The maximum absolute atomic E-state index is 14.5. The van der Waals surface area contributed by atoms with Crippen LogP contribution in [-0.4, -0.2) is 51.6 Å². The first-order valence-corrected chi connectivity index (χ1v) is 15.4. The molecule has 5 rings (SSSR count). The molecule has 2 aromatic heterocycles. The van der Waals surface area contributed by atoms with E-state index in [4.69, 9.17) is 4.74 Å². The molecule has 14 heteroatoms. The van der Waals surface area contributed by atoms with Crippen molar-refractivity contribution in [3.05, 3.63) is 93.8 Å². The van der Waals surface area contributed by atoms with E-state index in [2.05, 4.69) is 20.4 Å². The molecule has 4 aromatic rings. The number of anilines is 1. The lowest BCUT2D eigenvalue weighted by Gasteiger charge is -2.21. The van der Waals surface area contributed by atoms with Gasteiger partial charge in [-0.05, 0) is 74.4 Å². The van der Waals surface area contributed by atoms with Gasteiger partial charge in [-0.2, -0.15) is 18.3 Å². The molecule has 1 aliphatic rings. The zero-order valence-corrected chi connectivity index (χ0v) is 26.3. The number of fused-ring (bicyclic) bond motifs is 1. The molecule has 0 saturated carbocycles. The Morgan fingerprint density at radius 3 is 2.46 bits per heavy atom. The summed E-state index contributed by atoms with van der Waals surface area (Å²) in [6.45, 7) is 1.36. The van der Waals surface area contributed by atoms with Gasteiger partial charge in [0, 0.05) is 55.1 Å². The summed E-state index contributed by atoms with van der Waals surface area (Å²) < 4.78 is 90.8. The number of nitrogens with zero attached hydrogens (tertiary/aromatic N) is 4. The lowest BCUT2D eigenvalue weighted by Crippen LogP contribution is -2.20. The smallest absolute Gasteiger partial charge is 0.383 e. The first kappa shape index (κ1) is 34.7. The molecule has 48 heavy (non-hydrogen) atoms. The number of methoxy groups -OCH3 is 1. The molecule has 0 radical (unpaired) electrons. The second kappa shape index (κ2) is 14.7. The number of ether oxygens (including phenoxy) is 1. The zero-order valence-electron chi connectivity index (χ0n) is 26.3. The lowest BCUT2D eigenvalue weighted by atomic mass is 9.87. The molecule has 0 unspecified atom stereocenters. The van der Waals surface area contributed by atoms with Crippen LogP contribution in [0.3, 0.4) is 0 Å².